The summed E-state index contributed by atoms with van der Waals surface area (Å²) in [6.07, 6.45) is -0.780. The fourth-order valence-electron chi connectivity index (χ4n) is 1.51. The third-order valence-electron chi connectivity index (χ3n) is 2.72. The third kappa shape index (κ3) is 8.65. The Labute approximate surface area is 136 Å². The van der Waals surface area contributed by atoms with E-state index < -0.39 is 67.9 Å². The van der Waals surface area contributed by atoms with Crippen LogP contribution in [0.4, 0.5) is 0 Å². The SMILES string of the molecule is NCC(=O)NC(CO)C(=O)NCC(=O)NC(CCC(=O)O)C(=O)O. The van der Waals surface area contributed by atoms with E-state index in [1.54, 1.807) is 0 Å². The normalized spacial score (nSPS) is 12.6. The monoisotopic (exact) mass is 348 g/mol. The Hall–Kier alpha value is -2.73. The third-order valence-corrected chi connectivity index (χ3v) is 2.72. The molecule has 0 rings (SSSR count). The molecule has 0 fully saturated rings. The molecule has 136 valence electrons. The zero-order valence-electron chi connectivity index (χ0n) is 12.7. The molecule has 0 aliphatic rings. The van der Waals surface area contributed by atoms with Crippen molar-refractivity contribution in [3.05, 3.63) is 0 Å². The highest BCUT2D eigenvalue weighted by atomic mass is 16.4. The van der Waals surface area contributed by atoms with E-state index in [9.17, 15) is 24.0 Å². The lowest BCUT2D eigenvalue weighted by Gasteiger charge is -2.17. The zero-order valence-corrected chi connectivity index (χ0v) is 12.7. The molecule has 8 N–H and O–H groups in total. The first-order chi connectivity index (χ1) is 11.2. The van der Waals surface area contributed by atoms with Gasteiger partial charge in [0.25, 0.3) is 0 Å². The molecule has 2 atom stereocenters. The number of carboxylic acids is 2. The fraction of sp³-hybridized carbons (Fsp3) is 0.583. The number of carboxylic acid groups (broad SMARTS) is 2. The van der Waals surface area contributed by atoms with Crippen molar-refractivity contribution in [3.8, 4) is 0 Å². The van der Waals surface area contributed by atoms with Crippen molar-refractivity contribution in [1.29, 1.82) is 0 Å². The second-order valence-corrected chi connectivity index (χ2v) is 4.62. The summed E-state index contributed by atoms with van der Waals surface area (Å²) in [5.74, 6) is -5.06. The van der Waals surface area contributed by atoms with Gasteiger partial charge in [-0.1, -0.05) is 0 Å². The van der Waals surface area contributed by atoms with Gasteiger partial charge >= 0.3 is 11.9 Å². The van der Waals surface area contributed by atoms with E-state index in [4.69, 9.17) is 21.1 Å². The van der Waals surface area contributed by atoms with Crippen LogP contribution < -0.4 is 21.7 Å². The predicted molar refractivity (Wildman–Crippen MR) is 77.5 cm³/mol. The van der Waals surface area contributed by atoms with Crippen molar-refractivity contribution in [3.63, 3.8) is 0 Å². The molecule has 0 saturated heterocycles. The topological polar surface area (TPSA) is 208 Å². The Morgan fingerprint density at radius 1 is 0.958 bits per heavy atom. The van der Waals surface area contributed by atoms with Crippen molar-refractivity contribution >= 4 is 29.7 Å². The smallest absolute Gasteiger partial charge is 0.326 e. The van der Waals surface area contributed by atoms with Gasteiger partial charge in [0.05, 0.1) is 19.7 Å². The molecule has 24 heavy (non-hydrogen) atoms. The Morgan fingerprint density at radius 3 is 2.00 bits per heavy atom. The summed E-state index contributed by atoms with van der Waals surface area (Å²) < 4.78 is 0. The first-order valence-corrected chi connectivity index (χ1v) is 6.83. The quantitative estimate of drug-likeness (QED) is 0.193. The minimum Gasteiger partial charge on any atom is -0.481 e. The van der Waals surface area contributed by atoms with Gasteiger partial charge in [-0.05, 0) is 6.42 Å². The maximum Gasteiger partial charge on any atom is 0.326 e. The standard InChI is InChI=1S/C12H20N4O8/c13-3-8(18)16-7(5-17)11(22)14-4-9(19)15-6(12(23)24)1-2-10(20)21/h6-7,17H,1-5,13H2,(H,14,22)(H,15,19)(H,16,18)(H,20,21)(H,23,24). The number of aliphatic carboxylic acids is 2. The van der Waals surface area contributed by atoms with Crippen LogP contribution in [0.15, 0.2) is 0 Å². The molecule has 3 amide bonds. The van der Waals surface area contributed by atoms with Crippen LogP contribution in [-0.2, 0) is 24.0 Å². The number of aliphatic hydroxyl groups is 1. The number of aliphatic hydroxyl groups excluding tert-OH is 1. The first kappa shape index (κ1) is 21.3. The van der Waals surface area contributed by atoms with Gasteiger partial charge in [-0.25, -0.2) is 4.79 Å². The molecule has 12 nitrogen and oxygen atoms in total. The molecule has 0 aromatic heterocycles. The van der Waals surface area contributed by atoms with Crippen LogP contribution in [0.5, 0.6) is 0 Å². The second kappa shape index (κ2) is 10.9. The largest absolute Gasteiger partial charge is 0.481 e. The number of hydrogen-bond donors (Lipinski definition) is 7. The van der Waals surface area contributed by atoms with E-state index >= 15 is 0 Å². The first-order valence-electron chi connectivity index (χ1n) is 6.83. The van der Waals surface area contributed by atoms with Crippen LogP contribution in [0.2, 0.25) is 0 Å². The van der Waals surface area contributed by atoms with Gasteiger partial charge in [-0.15, -0.1) is 0 Å². The lowest BCUT2D eigenvalue weighted by Crippen LogP contribution is -2.53. The number of carbonyl (C=O) groups is 5. The van der Waals surface area contributed by atoms with E-state index in [0.717, 1.165) is 0 Å². The second-order valence-electron chi connectivity index (χ2n) is 4.62. The summed E-state index contributed by atoms with van der Waals surface area (Å²) in [6, 6.07) is -2.73. The number of amides is 3. The Morgan fingerprint density at radius 2 is 1.54 bits per heavy atom. The molecule has 0 saturated carbocycles. The molecule has 0 aliphatic carbocycles. The fourth-order valence-corrected chi connectivity index (χ4v) is 1.51. The van der Waals surface area contributed by atoms with E-state index in [1.807, 2.05) is 5.32 Å². The van der Waals surface area contributed by atoms with Crippen LogP contribution in [0, 0.1) is 0 Å². The molecule has 0 aromatic carbocycles. The number of nitrogens with two attached hydrogens (primary N) is 1. The Bertz CT molecular complexity index is 495. The summed E-state index contributed by atoms with van der Waals surface area (Å²) in [6.45, 7) is -1.74. The summed E-state index contributed by atoms with van der Waals surface area (Å²) in [7, 11) is 0. The molecular weight excluding hydrogens is 328 g/mol. The average Bonchev–Trinajstić information content (AvgIpc) is 2.53. The molecule has 2 unspecified atom stereocenters. The molecule has 0 aromatic rings. The lowest BCUT2D eigenvalue weighted by atomic mass is 10.1. The summed E-state index contributed by atoms with van der Waals surface area (Å²) in [5.41, 5.74) is 5.04. The van der Waals surface area contributed by atoms with E-state index in [0.29, 0.717) is 0 Å². The van der Waals surface area contributed by atoms with Gasteiger partial charge in [0.2, 0.25) is 17.7 Å². The summed E-state index contributed by atoms with van der Waals surface area (Å²) >= 11 is 0. The minimum absolute atomic E-state index is 0.323. The van der Waals surface area contributed by atoms with Gasteiger partial charge in [0.15, 0.2) is 0 Å². The number of nitrogens with one attached hydrogen (secondary N) is 3. The van der Waals surface area contributed by atoms with Crippen LogP contribution in [0.25, 0.3) is 0 Å². The highest BCUT2D eigenvalue weighted by molar-refractivity contribution is 5.92. The molecule has 0 spiro atoms. The summed E-state index contributed by atoms with van der Waals surface area (Å²) in [5, 5.41) is 32.6. The van der Waals surface area contributed by atoms with Gasteiger partial charge in [-0.2, -0.15) is 0 Å². The predicted octanol–water partition coefficient (Wildman–Crippen LogP) is -4.03. The minimum atomic E-state index is -1.42. The van der Waals surface area contributed by atoms with Gasteiger partial charge < -0.3 is 37.0 Å². The number of carbonyl (C=O) groups excluding carboxylic acids is 3. The molecule has 0 bridgehead atoms. The van der Waals surface area contributed by atoms with E-state index in [2.05, 4.69) is 10.6 Å². The number of hydrogen-bond acceptors (Lipinski definition) is 7. The van der Waals surface area contributed by atoms with Gasteiger partial charge in [0.1, 0.15) is 12.1 Å². The highest BCUT2D eigenvalue weighted by Gasteiger charge is 2.23. The van der Waals surface area contributed by atoms with E-state index in [-0.39, 0.29) is 6.42 Å². The maximum atomic E-state index is 11.7. The van der Waals surface area contributed by atoms with Gasteiger partial charge in [-0.3, -0.25) is 19.2 Å². The molecule has 0 aliphatic heterocycles. The maximum absolute atomic E-state index is 11.7. The average molecular weight is 348 g/mol. The molecule has 0 heterocycles. The van der Waals surface area contributed by atoms with Gasteiger partial charge in [0, 0.05) is 6.42 Å². The lowest BCUT2D eigenvalue weighted by molar-refractivity contribution is -0.143. The molecule has 0 radical (unpaired) electrons. The van der Waals surface area contributed by atoms with Crippen molar-refractivity contribution in [2.75, 3.05) is 19.7 Å². The zero-order chi connectivity index (χ0) is 18.7. The van der Waals surface area contributed by atoms with Crippen molar-refractivity contribution in [2.45, 2.75) is 24.9 Å². The Kier molecular flexibility index (Phi) is 9.67. The van der Waals surface area contributed by atoms with Crippen molar-refractivity contribution < 1.29 is 39.3 Å². The molecule has 12 heteroatoms. The molecular formula is C12H20N4O8. The van der Waals surface area contributed by atoms with Crippen LogP contribution in [-0.4, -0.2) is 76.8 Å². The highest BCUT2D eigenvalue weighted by Crippen LogP contribution is 1.98. The van der Waals surface area contributed by atoms with Crippen molar-refractivity contribution in [2.24, 2.45) is 5.73 Å². The number of rotatable bonds is 11. The van der Waals surface area contributed by atoms with Crippen molar-refractivity contribution in [1.82, 2.24) is 16.0 Å². The summed E-state index contributed by atoms with van der Waals surface area (Å²) in [4.78, 5) is 55.6. The Balaban J connectivity index is 4.43. The van der Waals surface area contributed by atoms with Crippen LogP contribution >= 0.6 is 0 Å². The van der Waals surface area contributed by atoms with Crippen LogP contribution in [0.1, 0.15) is 12.8 Å². The van der Waals surface area contributed by atoms with Crippen LogP contribution in [0.3, 0.4) is 0 Å². The van der Waals surface area contributed by atoms with E-state index in [1.165, 1.54) is 0 Å².